The van der Waals surface area contributed by atoms with Crippen LogP contribution in [0.15, 0.2) is 12.1 Å². The SMILES string of the molecule is CC(C)(C)S(=O)(=O)CCCCCCCc1c(F)cc(F)cc1F. The third kappa shape index (κ3) is 6.16. The first-order valence-electron chi connectivity index (χ1n) is 7.90. The second-order valence-electron chi connectivity index (χ2n) is 6.80. The quantitative estimate of drug-likeness (QED) is 0.631. The Hall–Kier alpha value is -1.04. The molecule has 1 rings (SSSR count). The van der Waals surface area contributed by atoms with Crippen molar-refractivity contribution >= 4 is 9.84 Å². The first-order valence-corrected chi connectivity index (χ1v) is 9.55. The number of rotatable bonds is 8. The van der Waals surface area contributed by atoms with E-state index in [0.29, 0.717) is 25.0 Å². The topological polar surface area (TPSA) is 34.1 Å². The van der Waals surface area contributed by atoms with Gasteiger partial charge in [-0.05, 0) is 40.0 Å². The molecule has 0 saturated carbocycles. The lowest BCUT2D eigenvalue weighted by atomic mass is 10.0. The van der Waals surface area contributed by atoms with Gasteiger partial charge in [0, 0.05) is 17.7 Å². The van der Waals surface area contributed by atoms with Gasteiger partial charge in [-0.3, -0.25) is 0 Å². The van der Waals surface area contributed by atoms with E-state index in [4.69, 9.17) is 0 Å². The zero-order valence-electron chi connectivity index (χ0n) is 14.0. The summed E-state index contributed by atoms with van der Waals surface area (Å²) >= 11 is 0. The van der Waals surface area contributed by atoms with Crippen LogP contribution in [-0.4, -0.2) is 18.9 Å². The number of unbranched alkanes of at least 4 members (excludes halogenated alkanes) is 4. The average molecular weight is 350 g/mol. The van der Waals surface area contributed by atoms with E-state index in [1.54, 1.807) is 20.8 Å². The molecule has 0 saturated heterocycles. The van der Waals surface area contributed by atoms with Crippen LogP contribution in [0.4, 0.5) is 13.2 Å². The van der Waals surface area contributed by atoms with Crippen LogP contribution in [0.2, 0.25) is 0 Å². The van der Waals surface area contributed by atoms with E-state index in [0.717, 1.165) is 19.3 Å². The van der Waals surface area contributed by atoms with Gasteiger partial charge in [-0.15, -0.1) is 0 Å². The standard InChI is InChI=1S/C17H25F3O2S/c1-17(2,3)23(21,22)10-8-6-4-5-7-9-14-15(19)11-13(18)12-16(14)20/h11-12H,4-10H2,1-3H3. The van der Waals surface area contributed by atoms with Crippen molar-refractivity contribution in [1.82, 2.24) is 0 Å². The summed E-state index contributed by atoms with van der Waals surface area (Å²) in [4.78, 5) is 0. The minimum atomic E-state index is -3.08. The maximum absolute atomic E-state index is 13.4. The molecule has 0 aliphatic carbocycles. The summed E-state index contributed by atoms with van der Waals surface area (Å²) in [7, 11) is -3.08. The summed E-state index contributed by atoms with van der Waals surface area (Å²) in [6.07, 6.45) is 3.74. The molecule has 0 unspecified atom stereocenters. The Balaban J connectivity index is 2.27. The Morgan fingerprint density at radius 3 is 1.87 bits per heavy atom. The van der Waals surface area contributed by atoms with E-state index in [1.807, 2.05) is 0 Å². The molecule has 2 nitrogen and oxygen atoms in total. The van der Waals surface area contributed by atoms with E-state index in [2.05, 4.69) is 0 Å². The number of sulfone groups is 1. The molecule has 23 heavy (non-hydrogen) atoms. The molecule has 0 bridgehead atoms. The fourth-order valence-electron chi connectivity index (χ4n) is 2.24. The predicted octanol–water partition coefficient (Wildman–Crippen LogP) is 4.81. The molecule has 0 aliphatic rings. The smallest absolute Gasteiger partial charge is 0.155 e. The molecule has 132 valence electrons. The van der Waals surface area contributed by atoms with Gasteiger partial charge in [0.25, 0.3) is 0 Å². The van der Waals surface area contributed by atoms with Crippen molar-refractivity contribution in [3.8, 4) is 0 Å². The summed E-state index contributed by atoms with van der Waals surface area (Å²) in [5, 5.41) is 0. The molecule has 0 spiro atoms. The van der Waals surface area contributed by atoms with Gasteiger partial charge in [0.1, 0.15) is 17.5 Å². The monoisotopic (exact) mass is 350 g/mol. The first-order chi connectivity index (χ1) is 10.5. The van der Waals surface area contributed by atoms with Gasteiger partial charge in [0.15, 0.2) is 9.84 Å². The van der Waals surface area contributed by atoms with E-state index < -0.39 is 32.0 Å². The van der Waals surface area contributed by atoms with E-state index >= 15 is 0 Å². The molecular formula is C17H25F3O2S. The maximum atomic E-state index is 13.4. The van der Waals surface area contributed by atoms with Crippen molar-refractivity contribution in [2.75, 3.05) is 5.75 Å². The zero-order chi connectivity index (χ0) is 17.7. The Morgan fingerprint density at radius 2 is 1.35 bits per heavy atom. The minimum Gasteiger partial charge on any atom is -0.228 e. The molecule has 0 radical (unpaired) electrons. The van der Waals surface area contributed by atoms with Crippen LogP contribution < -0.4 is 0 Å². The van der Waals surface area contributed by atoms with Gasteiger partial charge in [-0.2, -0.15) is 0 Å². The maximum Gasteiger partial charge on any atom is 0.155 e. The molecule has 0 amide bonds. The molecule has 0 aromatic heterocycles. The second kappa shape index (κ2) is 8.18. The van der Waals surface area contributed by atoms with Crippen LogP contribution in [0.1, 0.15) is 58.4 Å². The molecule has 1 aromatic rings. The van der Waals surface area contributed by atoms with Crippen molar-refractivity contribution in [3.63, 3.8) is 0 Å². The molecule has 0 aliphatic heterocycles. The fourth-order valence-corrected chi connectivity index (χ4v) is 3.44. The summed E-state index contributed by atoms with van der Waals surface area (Å²) in [5.41, 5.74) is -0.0817. The highest BCUT2D eigenvalue weighted by molar-refractivity contribution is 7.92. The minimum absolute atomic E-state index is 0.0817. The second-order valence-corrected chi connectivity index (χ2v) is 9.66. The first kappa shape index (κ1) is 20.0. The van der Waals surface area contributed by atoms with Crippen molar-refractivity contribution in [3.05, 3.63) is 35.1 Å². The van der Waals surface area contributed by atoms with Crippen LogP contribution in [0.25, 0.3) is 0 Å². The molecule has 6 heteroatoms. The summed E-state index contributed by atoms with van der Waals surface area (Å²) in [6, 6.07) is 1.38. The zero-order valence-corrected chi connectivity index (χ0v) is 14.8. The van der Waals surface area contributed by atoms with Crippen LogP contribution in [0, 0.1) is 17.5 Å². The molecule has 1 aromatic carbocycles. The van der Waals surface area contributed by atoms with Crippen molar-refractivity contribution in [2.24, 2.45) is 0 Å². The predicted molar refractivity (Wildman–Crippen MR) is 86.6 cm³/mol. The van der Waals surface area contributed by atoms with Crippen molar-refractivity contribution in [1.29, 1.82) is 0 Å². The van der Waals surface area contributed by atoms with Crippen LogP contribution in [0.3, 0.4) is 0 Å². The average Bonchev–Trinajstić information content (AvgIpc) is 2.38. The van der Waals surface area contributed by atoms with E-state index in [9.17, 15) is 21.6 Å². The number of halogens is 3. The number of hydrogen-bond donors (Lipinski definition) is 0. The lowest BCUT2D eigenvalue weighted by Crippen LogP contribution is -2.30. The summed E-state index contributed by atoms with van der Waals surface area (Å²) < 4.78 is 62.8. The molecule has 0 N–H and O–H groups in total. The molecular weight excluding hydrogens is 325 g/mol. The Labute approximate surface area is 137 Å². The van der Waals surface area contributed by atoms with Crippen molar-refractivity contribution in [2.45, 2.75) is 64.0 Å². The fraction of sp³-hybridized carbons (Fsp3) is 0.647. The van der Waals surface area contributed by atoms with Crippen LogP contribution in [0.5, 0.6) is 0 Å². The van der Waals surface area contributed by atoms with Gasteiger partial charge < -0.3 is 0 Å². The third-order valence-corrected chi connectivity index (χ3v) is 6.57. The largest absolute Gasteiger partial charge is 0.228 e. The van der Waals surface area contributed by atoms with Crippen molar-refractivity contribution < 1.29 is 21.6 Å². The molecule has 0 atom stereocenters. The van der Waals surface area contributed by atoms with Gasteiger partial charge >= 0.3 is 0 Å². The summed E-state index contributed by atoms with van der Waals surface area (Å²) in [6.45, 7) is 5.07. The van der Waals surface area contributed by atoms with Gasteiger partial charge in [-0.1, -0.05) is 19.3 Å². The van der Waals surface area contributed by atoms with Gasteiger partial charge in [0.2, 0.25) is 0 Å². The summed E-state index contributed by atoms with van der Waals surface area (Å²) in [5.74, 6) is -2.45. The van der Waals surface area contributed by atoms with Crippen LogP contribution in [-0.2, 0) is 16.3 Å². The lowest BCUT2D eigenvalue weighted by Gasteiger charge is -2.18. The van der Waals surface area contributed by atoms with E-state index in [-0.39, 0.29) is 17.7 Å². The Kier molecular flexibility index (Phi) is 7.11. The molecule has 0 heterocycles. The highest BCUT2D eigenvalue weighted by Crippen LogP contribution is 2.20. The van der Waals surface area contributed by atoms with Crippen LogP contribution >= 0.6 is 0 Å². The molecule has 0 fully saturated rings. The number of hydrogen-bond acceptors (Lipinski definition) is 2. The third-order valence-electron chi connectivity index (χ3n) is 3.88. The number of benzene rings is 1. The highest BCUT2D eigenvalue weighted by atomic mass is 32.2. The Morgan fingerprint density at radius 1 is 0.870 bits per heavy atom. The normalized spacial score (nSPS) is 12.6. The van der Waals surface area contributed by atoms with Gasteiger partial charge in [-0.25, -0.2) is 21.6 Å². The Bertz CT molecular complexity index is 596. The van der Waals surface area contributed by atoms with E-state index in [1.165, 1.54) is 0 Å². The highest BCUT2D eigenvalue weighted by Gasteiger charge is 2.27. The van der Waals surface area contributed by atoms with Gasteiger partial charge in [0.05, 0.1) is 10.5 Å². The lowest BCUT2D eigenvalue weighted by molar-refractivity contribution is 0.514.